The van der Waals surface area contributed by atoms with Crippen molar-refractivity contribution < 1.29 is 4.57 Å². The van der Waals surface area contributed by atoms with E-state index in [9.17, 15) is 0 Å². The van der Waals surface area contributed by atoms with Crippen molar-refractivity contribution in [1.82, 2.24) is 9.78 Å². The molecule has 98 valence electrons. The number of nitrogens with zero attached hydrogens (tertiary/aromatic N) is 3. The Morgan fingerprint density at radius 2 is 2.16 bits per heavy atom. The maximum atomic E-state index is 4.56. The van der Waals surface area contributed by atoms with Crippen LogP contribution in [0.1, 0.15) is 27.2 Å². The van der Waals surface area contributed by atoms with E-state index >= 15 is 0 Å². The third kappa shape index (κ3) is 1.28. The van der Waals surface area contributed by atoms with E-state index in [2.05, 4.69) is 72.2 Å². The highest BCUT2D eigenvalue weighted by molar-refractivity contribution is 5.53. The predicted molar refractivity (Wildman–Crippen MR) is 75.6 cm³/mol. The van der Waals surface area contributed by atoms with Crippen molar-refractivity contribution in [1.29, 1.82) is 0 Å². The predicted octanol–water partition coefficient (Wildman–Crippen LogP) is 2.88. The fourth-order valence-electron chi connectivity index (χ4n) is 3.26. The zero-order chi connectivity index (χ0) is 13.7. The minimum Gasteiger partial charge on any atom is -0.242 e. The molecule has 0 amide bonds. The molecule has 0 N–H and O–H groups in total. The molecule has 2 aromatic rings. The molecule has 19 heavy (non-hydrogen) atoms. The summed E-state index contributed by atoms with van der Waals surface area (Å²) < 4.78 is 4.48. The van der Waals surface area contributed by atoms with Crippen molar-refractivity contribution in [2.45, 2.75) is 38.3 Å². The van der Waals surface area contributed by atoms with Crippen molar-refractivity contribution in [3.8, 4) is 11.4 Å². The van der Waals surface area contributed by atoms with Gasteiger partial charge >= 0.3 is 0 Å². The van der Waals surface area contributed by atoms with Crippen LogP contribution in [0.5, 0.6) is 0 Å². The Balaban J connectivity index is 2.43. The normalized spacial score (nSPS) is 28.6. The molecule has 3 heterocycles. The molecule has 0 aromatic carbocycles. The quantitative estimate of drug-likeness (QED) is 0.596. The second-order valence-corrected chi connectivity index (χ2v) is 5.56. The zero-order valence-corrected chi connectivity index (χ0v) is 11.8. The van der Waals surface area contributed by atoms with Crippen LogP contribution in [-0.2, 0) is 11.1 Å². The van der Waals surface area contributed by atoms with E-state index in [1.54, 1.807) is 0 Å². The number of rotatable bonds is 2. The van der Waals surface area contributed by atoms with Gasteiger partial charge in [-0.1, -0.05) is 13.0 Å². The molecule has 0 fully saturated rings. The molecular formula is C16H20N3+. The van der Waals surface area contributed by atoms with E-state index in [0.717, 1.165) is 12.1 Å². The van der Waals surface area contributed by atoms with Crippen molar-refractivity contribution >= 4 is 0 Å². The first kappa shape index (κ1) is 12.2. The van der Waals surface area contributed by atoms with Gasteiger partial charge in [-0.2, -0.15) is 9.67 Å². The average Bonchev–Trinajstić information content (AvgIpc) is 2.94. The highest BCUT2D eigenvalue weighted by Gasteiger charge is 2.56. The second kappa shape index (κ2) is 3.80. The number of hydrogen-bond acceptors (Lipinski definition) is 1. The molecule has 3 nitrogen and oxygen atoms in total. The molecule has 0 bridgehead atoms. The van der Waals surface area contributed by atoms with Gasteiger partial charge in [0.1, 0.15) is 11.2 Å². The molecular weight excluding hydrogens is 234 g/mol. The van der Waals surface area contributed by atoms with Gasteiger partial charge in [0.2, 0.25) is 5.69 Å². The van der Waals surface area contributed by atoms with Crippen LogP contribution in [-0.4, -0.2) is 9.78 Å². The molecule has 3 rings (SSSR count). The topological polar surface area (TPSA) is 21.7 Å². The molecule has 2 unspecified atom stereocenters. The van der Waals surface area contributed by atoms with Gasteiger partial charge in [-0.05, 0) is 19.1 Å². The smallest absolute Gasteiger partial charge is 0.231 e. The van der Waals surface area contributed by atoms with E-state index in [4.69, 9.17) is 0 Å². The van der Waals surface area contributed by atoms with Crippen LogP contribution >= 0.6 is 0 Å². The molecule has 1 aliphatic rings. The van der Waals surface area contributed by atoms with Gasteiger partial charge in [-0.25, -0.2) is 4.68 Å². The zero-order valence-electron chi connectivity index (χ0n) is 11.8. The average molecular weight is 254 g/mol. The summed E-state index contributed by atoms with van der Waals surface area (Å²) in [5.74, 6) is 0. The number of fused-ring (bicyclic) bond motifs is 3. The summed E-state index contributed by atoms with van der Waals surface area (Å²) >= 11 is 0. The van der Waals surface area contributed by atoms with Crippen LogP contribution in [0, 0.1) is 0 Å². The lowest BCUT2D eigenvalue weighted by Crippen LogP contribution is -2.69. The molecule has 3 heteroatoms. The maximum Gasteiger partial charge on any atom is 0.231 e. The van der Waals surface area contributed by atoms with Gasteiger partial charge in [0.15, 0.2) is 11.7 Å². The van der Waals surface area contributed by atoms with Gasteiger partial charge in [0.05, 0.1) is 0 Å². The van der Waals surface area contributed by atoms with E-state index in [0.29, 0.717) is 0 Å². The summed E-state index contributed by atoms with van der Waals surface area (Å²) in [5.41, 5.74) is 2.04. The molecule has 0 radical (unpaired) electrons. The first-order chi connectivity index (χ1) is 9.08. The van der Waals surface area contributed by atoms with Crippen molar-refractivity contribution in [3.63, 3.8) is 0 Å². The summed E-state index contributed by atoms with van der Waals surface area (Å²) in [6.07, 6.45) is 7.07. The standard InChI is InChI=1S/C16H20N3/c1-5-15(3)16(4,6-2)19-14(10-11-17-19)13-9-7-8-12-18(13)15/h6-12H,2,5H2,1,3-4H3/q+1. The first-order valence-corrected chi connectivity index (χ1v) is 6.78. The largest absolute Gasteiger partial charge is 0.242 e. The van der Waals surface area contributed by atoms with Crippen LogP contribution < -0.4 is 4.57 Å². The maximum absolute atomic E-state index is 4.56. The SMILES string of the molecule is C=CC1(C)n2nccc2-c2cccc[n+]2C1(C)CC. The lowest BCUT2D eigenvalue weighted by atomic mass is 9.75. The van der Waals surface area contributed by atoms with E-state index in [-0.39, 0.29) is 11.1 Å². The van der Waals surface area contributed by atoms with E-state index < -0.39 is 0 Å². The van der Waals surface area contributed by atoms with Crippen LogP contribution in [0.3, 0.4) is 0 Å². The molecule has 1 aliphatic heterocycles. The van der Waals surface area contributed by atoms with Gasteiger partial charge < -0.3 is 0 Å². The summed E-state index contributed by atoms with van der Waals surface area (Å²) in [7, 11) is 0. The highest BCUT2D eigenvalue weighted by atomic mass is 15.4. The summed E-state index contributed by atoms with van der Waals surface area (Å²) in [4.78, 5) is 0. The summed E-state index contributed by atoms with van der Waals surface area (Å²) in [5, 5.41) is 4.56. The lowest BCUT2D eigenvalue weighted by molar-refractivity contribution is -0.767. The Bertz CT molecular complexity index is 643. The van der Waals surface area contributed by atoms with Gasteiger partial charge in [-0.15, -0.1) is 6.58 Å². The number of hydrogen-bond donors (Lipinski definition) is 0. The molecule has 2 atom stereocenters. The van der Waals surface area contributed by atoms with Crippen molar-refractivity contribution in [3.05, 3.63) is 49.3 Å². The molecule has 2 aromatic heterocycles. The minimum atomic E-state index is -0.237. The number of aromatic nitrogens is 3. The fraction of sp³-hybridized carbons (Fsp3) is 0.375. The van der Waals surface area contributed by atoms with Crippen LogP contribution in [0.2, 0.25) is 0 Å². The van der Waals surface area contributed by atoms with Crippen molar-refractivity contribution in [2.75, 3.05) is 0 Å². The van der Waals surface area contributed by atoms with Gasteiger partial charge in [0.25, 0.3) is 0 Å². The Hall–Kier alpha value is -1.90. The van der Waals surface area contributed by atoms with E-state index in [1.807, 2.05) is 12.3 Å². The fourth-order valence-corrected chi connectivity index (χ4v) is 3.26. The molecule has 0 saturated carbocycles. The first-order valence-electron chi connectivity index (χ1n) is 6.78. The summed E-state index contributed by atoms with van der Waals surface area (Å²) in [6.45, 7) is 10.8. The number of pyridine rings is 1. The second-order valence-electron chi connectivity index (χ2n) is 5.56. The lowest BCUT2D eigenvalue weighted by Gasteiger charge is -2.43. The molecule has 0 spiro atoms. The van der Waals surface area contributed by atoms with Crippen LogP contribution in [0.25, 0.3) is 11.4 Å². The molecule has 0 aliphatic carbocycles. The Labute approximate surface area is 114 Å². The molecule has 0 saturated heterocycles. The Kier molecular flexibility index (Phi) is 2.43. The number of allylic oxidation sites excluding steroid dienone is 1. The summed E-state index contributed by atoms with van der Waals surface area (Å²) in [6, 6.07) is 8.40. The van der Waals surface area contributed by atoms with Crippen LogP contribution in [0.15, 0.2) is 49.3 Å². The Morgan fingerprint density at radius 1 is 1.37 bits per heavy atom. The van der Waals surface area contributed by atoms with E-state index in [1.165, 1.54) is 5.69 Å². The third-order valence-electron chi connectivity index (χ3n) is 4.91. The van der Waals surface area contributed by atoms with Crippen LogP contribution in [0.4, 0.5) is 0 Å². The third-order valence-corrected chi connectivity index (χ3v) is 4.91. The Morgan fingerprint density at radius 3 is 2.84 bits per heavy atom. The minimum absolute atomic E-state index is 0.0790. The van der Waals surface area contributed by atoms with Gasteiger partial charge in [0, 0.05) is 31.7 Å². The van der Waals surface area contributed by atoms with Crippen molar-refractivity contribution in [2.24, 2.45) is 0 Å². The highest BCUT2D eigenvalue weighted by Crippen LogP contribution is 2.42. The van der Waals surface area contributed by atoms with Gasteiger partial charge in [-0.3, -0.25) is 0 Å². The monoisotopic (exact) mass is 254 g/mol.